The highest BCUT2D eigenvalue weighted by atomic mass is 35.5. The number of nitrogens with one attached hydrogen (secondary N) is 1. The Balaban J connectivity index is 0.000000187. The standard InChI is InChI=1S/C21H23ClFNO2.C18H22N2/c22-18-7-5-17(6-8-18)21(26)11-14-24(15-12-21)13-1-2-20(25)16-3-9-19(23)10-4-16;1-19-13-6-14-20-17-9-4-2-7-15(17)11-12-16-8-3-5-10-18(16)20/h3-10,26H,1-2,11-15H2;2-5,7-10,19H,6,11-14H2,1H3. The molecule has 0 amide bonds. The van der Waals surface area contributed by atoms with Crippen molar-refractivity contribution in [2.45, 2.75) is 50.5 Å². The Labute approximate surface area is 278 Å². The van der Waals surface area contributed by atoms with E-state index in [9.17, 15) is 14.3 Å². The minimum atomic E-state index is -0.801. The number of nitrogens with zero attached hydrogens (tertiary/aromatic N) is 2. The third-order valence-corrected chi connectivity index (χ3v) is 9.40. The van der Waals surface area contributed by atoms with Crippen molar-refractivity contribution in [1.82, 2.24) is 10.2 Å². The van der Waals surface area contributed by atoms with Crippen molar-refractivity contribution in [2.24, 2.45) is 0 Å². The molecule has 2 N–H and O–H groups in total. The molecule has 242 valence electrons. The lowest BCUT2D eigenvalue weighted by Gasteiger charge is -2.38. The van der Waals surface area contributed by atoms with Gasteiger partial charge in [-0.25, -0.2) is 4.39 Å². The fourth-order valence-electron chi connectivity index (χ4n) is 6.46. The first kappa shape index (κ1) is 33.8. The van der Waals surface area contributed by atoms with Gasteiger partial charge in [-0.3, -0.25) is 4.79 Å². The maximum atomic E-state index is 12.9. The van der Waals surface area contributed by atoms with Gasteiger partial charge in [-0.1, -0.05) is 60.1 Å². The molecule has 2 aliphatic rings. The van der Waals surface area contributed by atoms with E-state index in [0.717, 1.165) is 64.0 Å². The number of fused-ring (bicyclic) bond motifs is 2. The lowest BCUT2D eigenvalue weighted by atomic mass is 9.84. The van der Waals surface area contributed by atoms with Gasteiger partial charge in [-0.2, -0.15) is 0 Å². The molecule has 0 spiro atoms. The number of likely N-dealkylation sites (tertiary alicyclic amines) is 1. The van der Waals surface area contributed by atoms with Crippen molar-refractivity contribution in [1.29, 1.82) is 0 Å². The fourth-order valence-corrected chi connectivity index (χ4v) is 6.59. The minimum Gasteiger partial charge on any atom is -0.385 e. The lowest BCUT2D eigenvalue weighted by molar-refractivity contribution is -0.0260. The molecule has 4 aromatic rings. The summed E-state index contributed by atoms with van der Waals surface area (Å²) in [4.78, 5) is 16.9. The van der Waals surface area contributed by atoms with E-state index in [1.165, 1.54) is 46.8 Å². The summed E-state index contributed by atoms with van der Waals surface area (Å²) in [5, 5.41) is 14.8. The molecule has 0 saturated carbocycles. The van der Waals surface area contributed by atoms with Gasteiger partial charge in [0.05, 0.1) is 5.60 Å². The number of aryl methyl sites for hydroxylation is 2. The summed E-state index contributed by atoms with van der Waals surface area (Å²) in [6.45, 7) is 4.53. The molecule has 4 aromatic carbocycles. The number of hydrogen-bond acceptors (Lipinski definition) is 5. The van der Waals surface area contributed by atoms with Crippen LogP contribution in [0.15, 0.2) is 97.1 Å². The second-order valence-electron chi connectivity index (χ2n) is 12.3. The molecule has 1 saturated heterocycles. The van der Waals surface area contributed by atoms with Gasteiger partial charge in [0.1, 0.15) is 5.82 Å². The van der Waals surface area contributed by atoms with Crippen LogP contribution in [0.25, 0.3) is 0 Å². The Bertz CT molecular complexity index is 1510. The van der Waals surface area contributed by atoms with Gasteiger partial charge in [0.2, 0.25) is 0 Å². The largest absolute Gasteiger partial charge is 0.385 e. The third kappa shape index (κ3) is 8.83. The van der Waals surface area contributed by atoms with E-state index >= 15 is 0 Å². The summed E-state index contributed by atoms with van der Waals surface area (Å²) in [7, 11) is 2.02. The summed E-state index contributed by atoms with van der Waals surface area (Å²) in [5.41, 5.74) is 6.36. The Morgan fingerprint density at radius 2 is 1.41 bits per heavy atom. The molecular weight excluding hydrogens is 597 g/mol. The normalized spacial score (nSPS) is 15.6. The first-order valence-electron chi connectivity index (χ1n) is 16.4. The fraction of sp³-hybridized carbons (Fsp3) is 0.359. The zero-order valence-electron chi connectivity index (χ0n) is 26.7. The predicted octanol–water partition coefficient (Wildman–Crippen LogP) is 7.96. The van der Waals surface area contributed by atoms with Crippen molar-refractivity contribution in [3.05, 3.63) is 130 Å². The number of rotatable bonds is 10. The van der Waals surface area contributed by atoms with Crippen molar-refractivity contribution < 1.29 is 14.3 Å². The van der Waals surface area contributed by atoms with Crippen LogP contribution in [-0.2, 0) is 18.4 Å². The van der Waals surface area contributed by atoms with E-state index in [4.69, 9.17) is 11.6 Å². The van der Waals surface area contributed by atoms with Crippen molar-refractivity contribution >= 4 is 28.8 Å². The number of hydrogen-bond donors (Lipinski definition) is 2. The number of Topliss-reactive ketones (excluding diaryl/α,β-unsaturated/α-hetero) is 1. The Morgan fingerprint density at radius 1 is 0.826 bits per heavy atom. The van der Waals surface area contributed by atoms with Crippen molar-refractivity contribution in [3.8, 4) is 0 Å². The first-order chi connectivity index (χ1) is 22.4. The summed E-state index contributed by atoms with van der Waals surface area (Å²) >= 11 is 5.92. The maximum Gasteiger partial charge on any atom is 0.162 e. The topological polar surface area (TPSA) is 55.8 Å². The second-order valence-corrected chi connectivity index (χ2v) is 12.7. The molecule has 6 rings (SSSR count). The van der Waals surface area contributed by atoms with Crippen LogP contribution in [0.1, 0.15) is 59.2 Å². The van der Waals surface area contributed by atoms with Crippen LogP contribution in [-0.4, -0.2) is 55.6 Å². The van der Waals surface area contributed by atoms with Crippen LogP contribution in [0.2, 0.25) is 5.02 Å². The Kier molecular flexibility index (Phi) is 12.0. The molecule has 2 aliphatic heterocycles. The number of carbonyl (C=O) groups is 1. The predicted molar refractivity (Wildman–Crippen MR) is 187 cm³/mol. The zero-order valence-corrected chi connectivity index (χ0v) is 27.5. The van der Waals surface area contributed by atoms with Crippen molar-refractivity contribution in [2.75, 3.05) is 44.7 Å². The molecule has 1 fully saturated rings. The summed E-state index contributed by atoms with van der Waals surface area (Å²) in [6, 6.07) is 30.8. The molecule has 0 aromatic heterocycles. The number of piperidine rings is 1. The molecule has 7 heteroatoms. The van der Waals surface area contributed by atoms with Crippen LogP contribution in [0.5, 0.6) is 0 Å². The maximum absolute atomic E-state index is 12.9. The van der Waals surface area contributed by atoms with Gasteiger partial charge in [0.15, 0.2) is 5.78 Å². The van der Waals surface area contributed by atoms with Crippen LogP contribution in [0.4, 0.5) is 15.8 Å². The first-order valence-corrected chi connectivity index (χ1v) is 16.8. The Morgan fingerprint density at radius 3 is 2.00 bits per heavy atom. The molecule has 0 atom stereocenters. The number of ketones is 1. The highest BCUT2D eigenvalue weighted by Gasteiger charge is 2.33. The summed E-state index contributed by atoms with van der Waals surface area (Å²) in [5.74, 6) is -0.289. The summed E-state index contributed by atoms with van der Waals surface area (Å²) in [6.07, 6.45) is 5.96. The van der Waals surface area contributed by atoms with Gasteiger partial charge in [-0.15, -0.1) is 0 Å². The van der Waals surface area contributed by atoms with E-state index in [0.29, 0.717) is 29.8 Å². The molecule has 46 heavy (non-hydrogen) atoms. The van der Waals surface area contributed by atoms with Crippen LogP contribution in [0.3, 0.4) is 0 Å². The Hall–Kier alpha value is -3.55. The quantitative estimate of drug-likeness (QED) is 0.136. The molecule has 0 radical (unpaired) electrons. The van der Waals surface area contributed by atoms with Gasteiger partial charge in [0.25, 0.3) is 0 Å². The average Bonchev–Trinajstić information content (AvgIpc) is 3.24. The third-order valence-electron chi connectivity index (χ3n) is 9.15. The van der Waals surface area contributed by atoms with Crippen LogP contribution < -0.4 is 10.2 Å². The average molecular weight is 642 g/mol. The number of carbonyl (C=O) groups excluding carboxylic acids is 1. The highest BCUT2D eigenvalue weighted by Crippen LogP contribution is 2.36. The molecule has 5 nitrogen and oxygen atoms in total. The highest BCUT2D eigenvalue weighted by molar-refractivity contribution is 6.30. The number of anilines is 2. The molecule has 2 heterocycles. The van der Waals surface area contributed by atoms with E-state index in [1.807, 2.05) is 31.3 Å². The van der Waals surface area contributed by atoms with E-state index in [2.05, 4.69) is 63.6 Å². The second kappa shape index (κ2) is 16.3. The van der Waals surface area contributed by atoms with E-state index < -0.39 is 5.60 Å². The monoisotopic (exact) mass is 641 g/mol. The molecular formula is C39H45ClFN3O2. The van der Waals surface area contributed by atoms with Crippen LogP contribution >= 0.6 is 11.6 Å². The number of benzene rings is 4. The molecule has 0 aliphatic carbocycles. The lowest BCUT2D eigenvalue weighted by Crippen LogP contribution is -2.42. The van der Waals surface area contributed by atoms with Crippen LogP contribution in [0, 0.1) is 5.82 Å². The number of aliphatic hydroxyl groups is 1. The van der Waals surface area contributed by atoms with Crippen molar-refractivity contribution in [3.63, 3.8) is 0 Å². The molecule has 0 unspecified atom stereocenters. The van der Waals surface area contributed by atoms with E-state index in [1.54, 1.807) is 0 Å². The smallest absolute Gasteiger partial charge is 0.162 e. The van der Waals surface area contributed by atoms with Gasteiger partial charge >= 0.3 is 0 Å². The SMILES string of the molecule is CNCCCN1c2ccccc2CCc2ccccc21.O=C(CCCN1CCC(O)(c2ccc(Cl)cc2)CC1)c1ccc(F)cc1. The minimum absolute atomic E-state index is 0.0414. The summed E-state index contributed by atoms with van der Waals surface area (Å²) < 4.78 is 12.9. The number of halogens is 2. The van der Waals surface area contributed by atoms with Gasteiger partial charge in [-0.05, 0) is 124 Å². The number of para-hydroxylation sites is 2. The van der Waals surface area contributed by atoms with Gasteiger partial charge < -0.3 is 20.2 Å². The zero-order chi connectivity index (χ0) is 32.4. The van der Waals surface area contributed by atoms with Gasteiger partial charge in [0, 0.05) is 48.0 Å². The molecule has 0 bridgehead atoms. The van der Waals surface area contributed by atoms with E-state index in [-0.39, 0.29) is 11.6 Å².